The van der Waals surface area contributed by atoms with E-state index in [0.29, 0.717) is 11.3 Å². The first kappa shape index (κ1) is 17.5. The molecule has 2 aromatic carbocycles. The Morgan fingerprint density at radius 3 is 2.08 bits per heavy atom. The lowest BCUT2D eigenvalue weighted by atomic mass is 9.96. The lowest BCUT2D eigenvalue weighted by Gasteiger charge is -2.23. The summed E-state index contributed by atoms with van der Waals surface area (Å²) in [6, 6.07) is 11.7. The van der Waals surface area contributed by atoms with Crippen molar-refractivity contribution >= 4 is 17.6 Å². The SMILES string of the molecule is CC(C)C(NC(=O)Nc1ccc(C(N)=O)cc1)c1ccc(F)cc1. The van der Waals surface area contributed by atoms with Crippen molar-refractivity contribution in [3.8, 4) is 0 Å². The van der Waals surface area contributed by atoms with E-state index >= 15 is 0 Å². The van der Waals surface area contributed by atoms with Gasteiger partial charge in [-0.25, -0.2) is 9.18 Å². The Hall–Kier alpha value is -2.89. The van der Waals surface area contributed by atoms with Gasteiger partial charge in [0.25, 0.3) is 0 Å². The second-order valence-corrected chi connectivity index (χ2v) is 5.81. The first-order chi connectivity index (χ1) is 11.4. The number of hydrogen-bond acceptors (Lipinski definition) is 2. The van der Waals surface area contributed by atoms with E-state index in [1.165, 1.54) is 24.3 Å². The Labute approximate surface area is 140 Å². The zero-order valence-electron chi connectivity index (χ0n) is 13.5. The number of nitrogens with one attached hydrogen (secondary N) is 2. The molecule has 0 saturated carbocycles. The van der Waals surface area contributed by atoms with Crippen LogP contribution in [-0.2, 0) is 0 Å². The molecule has 0 aliphatic heterocycles. The summed E-state index contributed by atoms with van der Waals surface area (Å²) in [5, 5.41) is 5.57. The van der Waals surface area contributed by atoms with Gasteiger partial charge in [0.05, 0.1) is 6.04 Å². The first-order valence-corrected chi connectivity index (χ1v) is 7.59. The number of anilines is 1. The number of urea groups is 1. The topological polar surface area (TPSA) is 84.2 Å². The van der Waals surface area contributed by atoms with Crippen molar-refractivity contribution in [2.45, 2.75) is 19.9 Å². The molecular formula is C18H20FN3O2. The van der Waals surface area contributed by atoms with Crippen LogP contribution in [0.5, 0.6) is 0 Å². The van der Waals surface area contributed by atoms with Crippen LogP contribution in [0.2, 0.25) is 0 Å². The fourth-order valence-corrected chi connectivity index (χ4v) is 2.33. The summed E-state index contributed by atoms with van der Waals surface area (Å²) in [5.74, 6) is -0.721. The smallest absolute Gasteiger partial charge is 0.319 e. The van der Waals surface area contributed by atoms with E-state index < -0.39 is 5.91 Å². The molecule has 3 amide bonds. The number of halogens is 1. The molecule has 0 spiro atoms. The van der Waals surface area contributed by atoms with Crippen LogP contribution in [-0.4, -0.2) is 11.9 Å². The highest BCUT2D eigenvalue weighted by atomic mass is 19.1. The van der Waals surface area contributed by atoms with Crippen LogP contribution in [0.1, 0.15) is 35.8 Å². The third kappa shape index (κ3) is 4.55. The number of carbonyl (C=O) groups is 2. The fourth-order valence-electron chi connectivity index (χ4n) is 2.33. The highest BCUT2D eigenvalue weighted by molar-refractivity contribution is 5.94. The minimum Gasteiger partial charge on any atom is -0.366 e. The molecule has 0 aliphatic carbocycles. The summed E-state index contributed by atoms with van der Waals surface area (Å²) in [6.07, 6.45) is 0. The molecule has 1 atom stereocenters. The maximum Gasteiger partial charge on any atom is 0.319 e. The highest BCUT2D eigenvalue weighted by Crippen LogP contribution is 2.22. The standard InChI is InChI=1S/C18H20FN3O2/c1-11(2)16(12-3-7-14(19)8-4-12)22-18(24)21-15-9-5-13(6-10-15)17(20)23/h3-11,16H,1-2H3,(H2,20,23)(H2,21,22,24). The number of benzene rings is 2. The molecule has 24 heavy (non-hydrogen) atoms. The molecule has 6 heteroatoms. The summed E-state index contributed by atoms with van der Waals surface area (Å²) >= 11 is 0. The monoisotopic (exact) mass is 329 g/mol. The molecule has 5 nitrogen and oxygen atoms in total. The largest absolute Gasteiger partial charge is 0.366 e. The molecule has 4 N–H and O–H groups in total. The summed E-state index contributed by atoms with van der Waals surface area (Å²) < 4.78 is 13.1. The quantitative estimate of drug-likeness (QED) is 0.785. The van der Waals surface area contributed by atoms with Crippen LogP contribution in [0.25, 0.3) is 0 Å². The third-order valence-electron chi connectivity index (χ3n) is 3.61. The van der Waals surface area contributed by atoms with Crippen LogP contribution in [0.4, 0.5) is 14.9 Å². The van der Waals surface area contributed by atoms with Crippen molar-refractivity contribution in [2.24, 2.45) is 11.7 Å². The molecule has 2 aromatic rings. The third-order valence-corrected chi connectivity index (χ3v) is 3.61. The van der Waals surface area contributed by atoms with E-state index in [1.807, 2.05) is 13.8 Å². The van der Waals surface area contributed by atoms with E-state index in [4.69, 9.17) is 5.73 Å². The van der Waals surface area contributed by atoms with Gasteiger partial charge in [-0.3, -0.25) is 4.79 Å². The van der Waals surface area contributed by atoms with Crippen molar-refractivity contribution in [2.75, 3.05) is 5.32 Å². The summed E-state index contributed by atoms with van der Waals surface area (Å²) in [5.41, 5.74) is 6.91. The summed E-state index contributed by atoms with van der Waals surface area (Å²) in [6.45, 7) is 3.94. The Morgan fingerprint density at radius 2 is 1.58 bits per heavy atom. The Kier molecular flexibility index (Phi) is 5.52. The molecule has 0 saturated heterocycles. The van der Waals surface area contributed by atoms with E-state index in [1.54, 1.807) is 24.3 Å². The zero-order chi connectivity index (χ0) is 17.7. The molecule has 0 heterocycles. The summed E-state index contributed by atoms with van der Waals surface area (Å²) in [7, 11) is 0. The lowest BCUT2D eigenvalue weighted by molar-refractivity contribution is 0.100. The van der Waals surface area contributed by atoms with Gasteiger partial charge in [0.15, 0.2) is 0 Å². The van der Waals surface area contributed by atoms with Crippen molar-refractivity contribution in [3.05, 3.63) is 65.5 Å². The maximum absolute atomic E-state index is 13.1. The van der Waals surface area contributed by atoms with E-state index in [9.17, 15) is 14.0 Å². The number of rotatable bonds is 5. The number of carbonyl (C=O) groups excluding carboxylic acids is 2. The number of amides is 3. The molecular weight excluding hydrogens is 309 g/mol. The minimum atomic E-state index is -0.526. The number of hydrogen-bond donors (Lipinski definition) is 3. The zero-order valence-corrected chi connectivity index (χ0v) is 13.5. The second-order valence-electron chi connectivity index (χ2n) is 5.81. The molecule has 0 fully saturated rings. The first-order valence-electron chi connectivity index (χ1n) is 7.59. The fraction of sp³-hybridized carbons (Fsp3) is 0.222. The minimum absolute atomic E-state index is 0.124. The lowest BCUT2D eigenvalue weighted by Crippen LogP contribution is -2.35. The molecule has 0 aliphatic rings. The van der Waals surface area contributed by atoms with Crippen LogP contribution < -0.4 is 16.4 Å². The number of primary amides is 1. The van der Waals surface area contributed by atoms with Crippen LogP contribution in [0.15, 0.2) is 48.5 Å². The van der Waals surface area contributed by atoms with E-state index in [0.717, 1.165) is 5.56 Å². The molecule has 0 bridgehead atoms. The van der Waals surface area contributed by atoms with Crippen molar-refractivity contribution in [3.63, 3.8) is 0 Å². The van der Waals surface area contributed by atoms with Crippen molar-refractivity contribution < 1.29 is 14.0 Å². The van der Waals surface area contributed by atoms with Gasteiger partial charge in [0.1, 0.15) is 5.82 Å². The van der Waals surface area contributed by atoms with Gasteiger partial charge < -0.3 is 16.4 Å². The van der Waals surface area contributed by atoms with Gasteiger partial charge in [-0.15, -0.1) is 0 Å². The van der Waals surface area contributed by atoms with E-state index in [2.05, 4.69) is 10.6 Å². The van der Waals surface area contributed by atoms with Crippen LogP contribution in [0, 0.1) is 11.7 Å². The summed E-state index contributed by atoms with van der Waals surface area (Å²) in [4.78, 5) is 23.2. The molecule has 0 aromatic heterocycles. The highest BCUT2D eigenvalue weighted by Gasteiger charge is 2.18. The maximum atomic E-state index is 13.1. The Morgan fingerprint density at radius 1 is 1.00 bits per heavy atom. The molecule has 2 rings (SSSR count). The average molecular weight is 329 g/mol. The van der Waals surface area contributed by atoms with Gasteiger partial charge in [-0.1, -0.05) is 26.0 Å². The van der Waals surface area contributed by atoms with Gasteiger partial charge in [-0.2, -0.15) is 0 Å². The van der Waals surface area contributed by atoms with Gasteiger partial charge in [0, 0.05) is 11.3 Å². The van der Waals surface area contributed by atoms with Gasteiger partial charge in [0.2, 0.25) is 5.91 Å². The van der Waals surface area contributed by atoms with Crippen molar-refractivity contribution in [1.29, 1.82) is 0 Å². The Bertz CT molecular complexity index is 712. The van der Waals surface area contributed by atoms with Crippen LogP contribution in [0.3, 0.4) is 0 Å². The molecule has 126 valence electrons. The number of nitrogens with two attached hydrogens (primary N) is 1. The Balaban J connectivity index is 2.05. The second kappa shape index (κ2) is 7.59. The predicted molar refractivity (Wildman–Crippen MR) is 91.1 cm³/mol. The average Bonchev–Trinajstić information content (AvgIpc) is 2.54. The molecule has 1 unspecified atom stereocenters. The molecule has 0 radical (unpaired) electrons. The van der Waals surface area contributed by atoms with E-state index in [-0.39, 0.29) is 23.8 Å². The predicted octanol–water partition coefficient (Wildman–Crippen LogP) is 3.44. The van der Waals surface area contributed by atoms with Gasteiger partial charge in [-0.05, 0) is 47.9 Å². The van der Waals surface area contributed by atoms with Gasteiger partial charge >= 0.3 is 6.03 Å². The van der Waals surface area contributed by atoms with Crippen LogP contribution >= 0.6 is 0 Å². The normalized spacial score (nSPS) is 11.8. The van der Waals surface area contributed by atoms with Crippen molar-refractivity contribution in [1.82, 2.24) is 5.32 Å².